The summed E-state index contributed by atoms with van der Waals surface area (Å²) in [7, 11) is 0. The van der Waals surface area contributed by atoms with E-state index in [0.29, 0.717) is 22.2 Å². The Kier molecular flexibility index (Phi) is 3.84. The van der Waals surface area contributed by atoms with E-state index in [-0.39, 0.29) is 5.76 Å². The van der Waals surface area contributed by atoms with Crippen LogP contribution in [0.25, 0.3) is 0 Å². The van der Waals surface area contributed by atoms with Crippen LogP contribution in [0.4, 0.5) is 5.69 Å². The summed E-state index contributed by atoms with van der Waals surface area (Å²) >= 11 is 7.43. The highest BCUT2D eigenvalue weighted by Gasteiger charge is 2.11. The molecule has 0 aliphatic rings. The van der Waals surface area contributed by atoms with Gasteiger partial charge in [-0.1, -0.05) is 17.7 Å². The molecule has 3 N–H and O–H groups in total. The van der Waals surface area contributed by atoms with E-state index in [0.717, 1.165) is 4.90 Å². The van der Waals surface area contributed by atoms with Gasteiger partial charge in [-0.25, -0.2) is 4.79 Å². The average molecular weight is 284 g/mol. The third-order valence-electron chi connectivity index (χ3n) is 2.23. The van der Waals surface area contributed by atoms with Crippen molar-refractivity contribution in [2.75, 3.05) is 5.73 Å². The molecule has 0 radical (unpaired) electrons. The molecule has 4 nitrogen and oxygen atoms in total. The van der Waals surface area contributed by atoms with Crippen molar-refractivity contribution in [1.82, 2.24) is 0 Å². The monoisotopic (exact) mass is 283 g/mol. The molecule has 0 amide bonds. The van der Waals surface area contributed by atoms with Gasteiger partial charge in [0.2, 0.25) is 5.76 Å². The zero-order chi connectivity index (χ0) is 13.1. The SMILES string of the molecule is Nc1cccc(Cl)c1SCc1ccc(C(=O)O)o1. The zero-order valence-corrected chi connectivity index (χ0v) is 10.8. The summed E-state index contributed by atoms with van der Waals surface area (Å²) in [5.74, 6) is -0.112. The third kappa shape index (κ3) is 2.80. The number of rotatable bonds is 4. The second kappa shape index (κ2) is 5.37. The Bertz CT molecular complexity index is 562. The second-order valence-corrected chi connectivity index (χ2v) is 4.91. The Morgan fingerprint density at radius 3 is 2.78 bits per heavy atom. The van der Waals surface area contributed by atoms with Gasteiger partial charge in [-0.15, -0.1) is 11.8 Å². The summed E-state index contributed by atoms with van der Waals surface area (Å²) in [6.45, 7) is 0. The molecule has 0 fully saturated rings. The Balaban J connectivity index is 2.09. The van der Waals surface area contributed by atoms with Gasteiger partial charge in [0.15, 0.2) is 0 Å². The highest BCUT2D eigenvalue weighted by Crippen LogP contribution is 2.34. The van der Waals surface area contributed by atoms with Crippen LogP contribution in [0.2, 0.25) is 5.02 Å². The quantitative estimate of drug-likeness (QED) is 0.663. The van der Waals surface area contributed by atoms with E-state index in [1.165, 1.54) is 17.8 Å². The number of carboxylic acids is 1. The lowest BCUT2D eigenvalue weighted by molar-refractivity contribution is 0.0661. The molecule has 0 saturated heterocycles. The molecule has 2 rings (SSSR count). The van der Waals surface area contributed by atoms with E-state index < -0.39 is 5.97 Å². The first-order valence-electron chi connectivity index (χ1n) is 5.06. The number of furan rings is 1. The van der Waals surface area contributed by atoms with Crippen LogP contribution in [0.5, 0.6) is 0 Å². The minimum Gasteiger partial charge on any atom is -0.475 e. The molecule has 0 bridgehead atoms. The standard InChI is InChI=1S/C12H10ClNO3S/c13-8-2-1-3-9(14)11(8)18-6-7-4-5-10(17-7)12(15)16/h1-5H,6,14H2,(H,15,16). The first-order chi connectivity index (χ1) is 8.58. The third-order valence-corrected chi connectivity index (χ3v) is 3.83. The normalized spacial score (nSPS) is 10.5. The average Bonchev–Trinajstić information content (AvgIpc) is 2.77. The molecule has 0 aliphatic carbocycles. The van der Waals surface area contributed by atoms with Gasteiger partial charge in [0.1, 0.15) is 5.76 Å². The predicted molar refractivity (Wildman–Crippen MR) is 71.1 cm³/mol. The highest BCUT2D eigenvalue weighted by atomic mass is 35.5. The topological polar surface area (TPSA) is 76.5 Å². The summed E-state index contributed by atoms with van der Waals surface area (Å²) in [4.78, 5) is 11.4. The summed E-state index contributed by atoms with van der Waals surface area (Å²) in [6.07, 6.45) is 0. The fourth-order valence-corrected chi connectivity index (χ4v) is 2.62. The van der Waals surface area contributed by atoms with E-state index in [4.69, 9.17) is 26.9 Å². The molecule has 0 saturated carbocycles. The molecule has 94 valence electrons. The van der Waals surface area contributed by atoms with Gasteiger partial charge < -0.3 is 15.3 Å². The van der Waals surface area contributed by atoms with Crippen LogP contribution in [0.1, 0.15) is 16.3 Å². The number of carbonyl (C=O) groups is 1. The van der Waals surface area contributed by atoms with Gasteiger partial charge in [0.25, 0.3) is 0 Å². The molecular weight excluding hydrogens is 274 g/mol. The number of anilines is 1. The van der Waals surface area contributed by atoms with Crippen LogP contribution in [0.15, 0.2) is 39.6 Å². The Morgan fingerprint density at radius 2 is 2.17 bits per heavy atom. The number of nitrogens with two attached hydrogens (primary N) is 1. The van der Waals surface area contributed by atoms with Crippen molar-refractivity contribution >= 4 is 35.0 Å². The number of nitrogen functional groups attached to an aromatic ring is 1. The minimum atomic E-state index is -1.08. The van der Waals surface area contributed by atoms with Crippen molar-refractivity contribution in [3.63, 3.8) is 0 Å². The molecule has 1 aromatic heterocycles. The molecule has 1 heterocycles. The van der Waals surface area contributed by atoms with Gasteiger partial charge in [-0.2, -0.15) is 0 Å². The minimum absolute atomic E-state index is 0.0715. The maximum absolute atomic E-state index is 10.7. The van der Waals surface area contributed by atoms with Gasteiger partial charge in [0, 0.05) is 10.6 Å². The molecule has 18 heavy (non-hydrogen) atoms. The van der Waals surface area contributed by atoms with Crippen molar-refractivity contribution in [2.45, 2.75) is 10.6 Å². The molecule has 0 spiro atoms. The van der Waals surface area contributed by atoms with Crippen molar-refractivity contribution < 1.29 is 14.3 Å². The van der Waals surface area contributed by atoms with Crippen molar-refractivity contribution in [1.29, 1.82) is 0 Å². The first kappa shape index (κ1) is 12.9. The number of thioether (sulfide) groups is 1. The van der Waals surface area contributed by atoms with Gasteiger partial charge in [0.05, 0.1) is 10.8 Å². The van der Waals surface area contributed by atoms with Crippen molar-refractivity contribution in [2.24, 2.45) is 0 Å². The van der Waals surface area contributed by atoms with Crippen LogP contribution in [0.3, 0.4) is 0 Å². The summed E-state index contributed by atoms with van der Waals surface area (Å²) in [5, 5.41) is 9.30. The first-order valence-corrected chi connectivity index (χ1v) is 6.43. The fourth-order valence-electron chi connectivity index (χ4n) is 1.39. The summed E-state index contributed by atoms with van der Waals surface area (Å²) in [6, 6.07) is 8.35. The maximum atomic E-state index is 10.7. The largest absolute Gasteiger partial charge is 0.475 e. The van der Waals surface area contributed by atoms with E-state index in [1.807, 2.05) is 0 Å². The Hall–Kier alpha value is -1.59. The maximum Gasteiger partial charge on any atom is 0.371 e. The van der Waals surface area contributed by atoms with E-state index >= 15 is 0 Å². The predicted octanol–water partition coefficient (Wildman–Crippen LogP) is 3.51. The van der Waals surface area contributed by atoms with Crippen molar-refractivity contribution in [3.8, 4) is 0 Å². The van der Waals surface area contributed by atoms with Gasteiger partial charge in [-0.3, -0.25) is 0 Å². The zero-order valence-electron chi connectivity index (χ0n) is 9.22. The highest BCUT2D eigenvalue weighted by molar-refractivity contribution is 7.98. The van der Waals surface area contributed by atoms with Crippen LogP contribution < -0.4 is 5.73 Å². The molecule has 6 heteroatoms. The molecular formula is C12H10ClNO3S. The number of hydrogen-bond acceptors (Lipinski definition) is 4. The summed E-state index contributed by atoms with van der Waals surface area (Å²) in [5.41, 5.74) is 6.40. The van der Waals surface area contributed by atoms with Crippen LogP contribution in [-0.4, -0.2) is 11.1 Å². The molecule has 0 aliphatic heterocycles. The number of carboxylic acid groups (broad SMARTS) is 1. The lowest BCUT2D eigenvalue weighted by atomic mass is 10.3. The summed E-state index contributed by atoms with van der Waals surface area (Å²) < 4.78 is 5.14. The number of benzene rings is 1. The van der Waals surface area contributed by atoms with Crippen molar-refractivity contribution in [3.05, 3.63) is 46.9 Å². The molecule has 0 atom stereocenters. The second-order valence-electron chi connectivity index (χ2n) is 3.52. The lowest BCUT2D eigenvalue weighted by Crippen LogP contribution is -1.92. The lowest BCUT2D eigenvalue weighted by Gasteiger charge is -2.05. The van der Waals surface area contributed by atoms with Crippen LogP contribution >= 0.6 is 23.4 Å². The Labute approximate surface area is 113 Å². The van der Waals surface area contributed by atoms with Crippen LogP contribution in [-0.2, 0) is 5.75 Å². The number of hydrogen-bond donors (Lipinski definition) is 2. The smallest absolute Gasteiger partial charge is 0.371 e. The van der Waals surface area contributed by atoms with E-state index in [1.54, 1.807) is 24.3 Å². The van der Waals surface area contributed by atoms with E-state index in [9.17, 15) is 4.79 Å². The van der Waals surface area contributed by atoms with Gasteiger partial charge in [-0.05, 0) is 24.3 Å². The van der Waals surface area contributed by atoms with E-state index in [2.05, 4.69) is 0 Å². The Morgan fingerprint density at radius 1 is 1.39 bits per heavy atom. The van der Waals surface area contributed by atoms with Gasteiger partial charge >= 0.3 is 5.97 Å². The van der Waals surface area contributed by atoms with Crippen LogP contribution in [0, 0.1) is 0 Å². The number of aromatic carboxylic acids is 1. The molecule has 1 aromatic carbocycles. The fraction of sp³-hybridized carbons (Fsp3) is 0.0833. The number of halogens is 1. The molecule has 2 aromatic rings. The molecule has 0 unspecified atom stereocenters.